The van der Waals surface area contributed by atoms with Crippen LogP contribution in [0.3, 0.4) is 0 Å². The number of nitrogens with one attached hydrogen (secondary N) is 2. The van der Waals surface area contributed by atoms with Crippen LogP contribution < -0.4 is 15.5 Å². The number of pyridine rings is 1. The molecule has 5 rings (SSSR count). The number of carbonyl (C=O) groups is 2. The van der Waals surface area contributed by atoms with Gasteiger partial charge in [-0.1, -0.05) is 29.3 Å². The minimum absolute atomic E-state index is 0.00181. The predicted molar refractivity (Wildman–Crippen MR) is 138 cm³/mol. The third-order valence-electron chi connectivity index (χ3n) is 6.77. The minimum atomic E-state index is -4.12. The second-order valence-electron chi connectivity index (χ2n) is 9.87. The molecule has 1 saturated heterocycles. The molecule has 2 atom stereocenters. The van der Waals surface area contributed by atoms with Crippen LogP contribution in [0.2, 0.25) is 5.02 Å². The maximum atomic E-state index is 14.2. The molecular formula is C26H25ClFN3O6S. The zero-order valence-corrected chi connectivity index (χ0v) is 22.2. The van der Waals surface area contributed by atoms with Crippen LogP contribution in [0.25, 0.3) is 10.9 Å². The number of hydrogen-bond donors (Lipinski definition) is 2. The van der Waals surface area contributed by atoms with E-state index in [1.807, 2.05) is 6.92 Å². The Hall–Kier alpha value is -3.12. The van der Waals surface area contributed by atoms with E-state index in [9.17, 15) is 27.2 Å². The van der Waals surface area contributed by atoms with Crippen LogP contribution in [0.5, 0.6) is 0 Å². The summed E-state index contributed by atoms with van der Waals surface area (Å²) < 4.78 is 49.5. The van der Waals surface area contributed by atoms with Crippen molar-refractivity contribution in [2.45, 2.75) is 49.3 Å². The number of ketones is 1. The van der Waals surface area contributed by atoms with Crippen LogP contribution in [-0.4, -0.2) is 49.5 Å². The first-order chi connectivity index (χ1) is 17.9. The van der Waals surface area contributed by atoms with Gasteiger partial charge in [-0.05, 0) is 51.0 Å². The average molecular weight is 562 g/mol. The summed E-state index contributed by atoms with van der Waals surface area (Å²) >= 11 is 5.93. The van der Waals surface area contributed by atoms with E-state index in [4.69, 9.17) is 16.3 Å². The van der Waals surface area contributed by atoms with Crippen LogP contribution in [0.1, 0.15) is 41.7 Å². The van der Waals surface area contributed by atoms with Crippen molar-refractivity contribution < 1.29 is 27.1 Å². The van der Waals surface area contributed by atoms with Gasteiger partial charge in [0.25, 0.3) is 5.91 Å². The average Bonchev–Trinajstić information content (AvgIpc) is 3.80. The molecule has 1 aliphatic carbocycles. The third-order valence-corrected chi connectivity index (χ3v) is 8.55. The van der Waals surface area contributed by atoms with Crippen molar-refractivity contribution in [3.05, 3.63) is 74.8 Å². The van der Waals surface area contributed by atoms with E-state index in [1.165, 1.54) is 31.3 Å². The summed E-state index contributed by atoms with van der Waals surface area (Å²) in [5.41, 5.74) is -0.864. The number of benzene rings is 2. The molecule has 2 unspecified atom stereocenters. The number of amides is 1. The van der Waals surface area contributed by atoms with Crippen LogP contribution in [-0.2, 0) is 19.6 Å². The number of sulfonamides is 1. The minimum Gasteiger partial charge on any atom is -0.362 e. The van der Waals surface area contributed by atoms with E-state index in [0.29, 0.717) is 5.52 Å². The zero-order valence-electron chi connectivity index (χ0n) is 20.6. The number of rotatable bonds is 9. The summed E-state index contributed by atoms with van der Waals surface area (Å²) in [7, 11) is -4.12. The van der Waals surface area contributed by atoms with E-state index >= 15 is 0 Å². The molecule has 9 nitrogen and oxygen atoms in total. The van der Waals surface area contributed by atoms with Gasteiger partial charge in [0.15, 0.2) is 5.78 Å². The molecule has 1 aromatic heterocycles. The van der Waals surface area contributed by atoms with Crippen molar-refractivity contribution in [2.75, 3.05) is 13.2 Å². The molecule has 2 heterocycles. The smallest absolute Gasteiger partial charge is 0.256 e. The Morgan fingerprint density at radius 1 is 1.24 bits per heavy atom. The van der Waals surface area contributed by atoms with Gasteiger partial charge >= 0.3 is 0 Å². The molecule has 0 radical (unpaired) electrons. The number of halogens is 2. The van der Waals surface area contributed by atoms with E-state index in [2.05, 4.69) is 10.0 Å². The van der Waals surface area contributed by atoms with Gasteiger partial charge in [0.05, 0.1) is 22.0 Å². The van der Waals surface area contributed by atoms with E-state index in [-0.39, 0.29) is 33.5 Å². The summed E-state index contributed by atoms with van der Waals surface area (Å²) in [5, 5.41) is 2.37. The zero-order chi connectivity index (χ0) is 27.4. The van der Waals surface area contributed by atoms with Crippen LogP contribution in [0.4, 0.5) is 4.39 Å². The van der Waals surface area contributed by atoms with Crippen molar-refractivity contribution in [2.24, 2.45) is 0 Å². The molecular weight excluding hydrogens is 537 g/mol. The van der Waals surface area contributed by atoms with Crippen LogP contribution in [0, 0.1) is 12.7 Å². The molecule has 1 saturated carbocycles. The monoisotopic (exact) mass is 561 g/mol. The molecule has 1 aliphatic heterocycles. The molecule has 0 bridgehead atoms. The first kappa shape index (κ1) is 26.5. The Morgan fingerprint density at radius 2 is 1.89 bits per heavy atom. The highest BCUT2D eigenvalue weighted by molar-refractivity contribution is 7.89. The second kappa shape index (κ2) is 9.57. The van der Waals surface area contributed by atoms with Gasteiger partial charge in [0.1, 0.15) is 23.0 Å². The Morgan fingerprint density at radius 3 is 2.50 bits per heavy atom. The fraction of sp³-hybridized carbons (Fsp3) is 0.346. The highest BCUT2D eigenvalue weighted by Gasteiger charge is 2.50. The molecule has 3 aromatic rings. The molecule has 200 valence electrons. The number of epoxide rings is 1. The fourth-order valence-corrected chi connectivity index (χ4v) is 5.58. The number of hydrogen-bond acceptors (Lipinski definition) is 6. The molecule has 2 aliphatic rings. The van der Waals surface area contributed by atoms with Crippen LogP contribution in [0.15, 0.2) is 52.3 Å². The van der Waals surface area contributed by atoms with Gasteiger partial charge in [-0.2, -0.15) is 4.72 Å². The van der Waals surface area contributed by atoms with E-state index in [0.717, 1.165) is 24.5 Å². The lowest BCUT2D eigenvalue weighted by Crippen LogP contribution is -2.52. The van der Waals surface area contributed by atoms with Gasteiger partial charge in [0.2, 0.25) is 15.5 Å². The number of nitrogens with zero attached hydrogens (tertiary/aromatic N) is 1. The quantitative estimate of drug-likeness (QED) is 0.387. The summed E-state index contributed by atoms with van der Waals surface area (Å²) in [6, 6.07) is 7.11. The number of fused-ring (bicyclic) bond motifs is 1. The standard InChI is InChI=1S/C26H25ClFN3O6S/c1-14-3-7-16(8-4-14)38(35,36)30-21(24(33)26(2)13-37-26)11-29-25(34)18-12-31(15-5-6-15)22-10-19(27)20(28)9-17(22)23(18)32/h3-4,7-10,12,15,21,30H,5-6,11,13H2,1-2H3,(H,29,34). The molecule has 12 heteroatoms. The molecule has 0 spiro atoms. The van der Waals surface area contributed by atoms with Crippen molar-refractivity contribution in [3.8, 4) is 0 Å². The molecule has 38 heavy (non-hydrogen) atoms. The Labute approximate surface area is 223 Å². The van der Waals surface area contributed by atoms with Crippen molar-refractivity contribution in [3.63, 3.8) is 0 Å². The fourth-order valence-electron chi connectivity index (χ4n) is 4.23. The lowest BCUT2D eigenvalue weighted by Gasteiger charge is -2.20. The Balaban J connectivity index is 1.43. The molecule has 2 N–H and O–H groups in total. The van der Waals surface area contributed by atoms with E-state index < -0.39 is 51.1 Å². The summed E-state index contributed by atoms with van der Waals surface area (Å²) in [6.45, 7) is 3.02. The van der Waals surface area contributed by atoms with E-state index in [1.54, 1.807) is 16.7 Å². The second-order valence-corrected chi connectivity index (χ2v) is 12.0. The number of carbonyl (C=O) groups excluding carboxylic acids is 2. The lowest BCUT2D eigenvalue weighted by atomic mass is 10.0. The number of Topliss-reactive ketones (excluding diaryl/α,β-unsaturated/α-hetero) is 1. The normalized spacial score (nSPS) is 19.8. The van der Waals surface area contributed by atoms with Gasteiger partial charge in [-0.3, -0.25) is 14.4 Å². The number of ether oxygens (including phenoxy) is 1. The highest BCUT2D eigenvalue weighted by atomic mass is 35.5. The van der Waals surface area contributed by atoms with Gasteiger partial charge in [0, 0.05) is 24.2 Å². The van der Waals surface area contributed by atoms with Crippen LogP contribution >= 0.6 is 11.6 Å². The third kappa shape index (κ3) is 5.11. The number of aromatic nitrogens is 1. The molecule has 1 amide bonds. The van der Waals surface area contributed by atoms with Crippen molar-refractivity contribution in [1.82, 2.24) is 14.6 Å². The summed E-state index contributed by atoms with van der Waals surface area (Å²) in [6.07, 6.45) is 3.04. The van der Waals surface area contributed by atoms with Gasteiger partial charge in [-0.15, -0.1) is 0 Å². The predicted octanol–water partition coefficient (Wildman–Crippen LogP) is 2.87. The lowest BCUT2D eigenvalue weighted by molar-refractivity contribution is -0.125. The van der Waals surface area contributed by atoms with Gasteiger partial charge < -0.3 is 14.6 Å². The SMILES string of the molecule is Cc1ccc(S(=O)(=O)NC(CNC(=O)c2cn(C3CC3)c3cc(Cl)c(F)cc3c2=O)C(=O)C2(C)CO2)cc1. The first-order valence-electron chi connectivity index (χ1n) is 12.0. The number of aryl methyl sites for hydroxylation is 1. The van der Waals surface area contributed by atoms with Crippen molar-refractivity contribution in [1.29, 1.82) is 0 Å². The summed E-state index contributed by atoms with van der Waals surface area (Å²) in [5.74, 6) is -2.17. The first-order valence-corrected chi connectivity index (χ1v) is 13.8. The Kier molecular flexibility index (Phi) is 6.67. The summed E-state index contributed by atoms with van der Waals surface area (Å²) in [4.78, 5) is 39.3. The highest BCUT2D eigenvalue weighted by Crippen LogP contribution is 2.37. The molecule has 2 aromatic carbocycles. The van der Waals surface area contributed by atoms with Crippen molar-refractivity contribution >= 4 is 44.2 Å². The topological polar surface area (TPSA) is 127 Å². The van der Waals surface area contributed by atoms with Gasteiger partial charge in [-0.25, -0.2) is 12.8 Å². The Bertz CT molecular complexity index is 1630. The molecule has 2 fully saturated rings. The maximum Gasteiger partial charge on any atom is 0.256 e. The largest absolute Gasteiger partial charge is 0.362 e. The maximum absolute atomic E-state index is 14.2.